The van der Waals surface area contributed by atoms with Crippen LogP contribution >= 0.6 is 27.7 Å². The second-order valence-corrected chi connectivity index (χ2v) is 6.35. The second kappa shape index (κ2) is 9.69. The molecule has 2 rings (SSSR count). The number of hydrogen-bond acceptors (Lipinski definition) is 8. The Morgan fingerprint density at radius 1 is 1.38 bits per heavy atom. The van der Waals surface area contributed by atoms with Crippen LogP contribution < -0.4 is 10.8 Å². The molecule has 24 heavy (non-hydrogen) atoms. The number of amidine groups is 1. The van der Waals surface area contributed by atoms with E-state index in [1.165, 1.54) is 30.0 Å². The van der Waals surface area contributed by atoms with E-state index in [4.69, 9.17) is 9.74 Å². The van der Waals surface area contributed by atoms with Crippen molar-refractivity contribution in [3.05, 3.63) is 34.2 Å². The molecule has 0 unspecified atom stereocenters. The van der Waals surface area contributed by atoms with Crippen molar-refractivity contribution in [1.82, 2.24) is 21.1 Å². The molecule has 1 aromatic carbocycles. The molecule has 0 spiro atoms. The lowest BCUT2D eigenvalue weighted by molar-refractivity contribution is 0.234. The summed E-state index contributed by atoms with van der Waals surface area (Å²) < 4.78 is 18.2. The van der Waals surface area contributed by atoms with Gasteiger partial charge in [0.25, 0.3) is 0 Å². The zero-order chi connectivity index (χ0) is 17.4. The van der Waals surface area contributed by atoms with Gasteiger partial charge in [0.1, 0.15) is 5.82 Å². The van der Waals surface area contributed by atoms with Crippen molar-refractivity contribution in [2.45, 2.75) is 5.03 Å². The molecule has 130 valence electrons. The van der Waals surface area contributed by atoms with Gasteiger partial charge in [-0.25, -0.2) is 14.0 Å². The molecule has 0 amide bonds. The molecule has 11 heteroatoms. The summed E-state index contributed by atoms with van der Waals surface area (Å²) >= 11 is 4.42. The number of aliphatic hydroxyl groups is 1. The fraction of sp³-hybridized carbons (Fsp3) is 0.308. The van der Waals surface area contributed by atoms with Crippen LogP contribution in [0.5, 0.6) is 0 Å². The average molecular weight is 420 g/mol. The number of hydroxylamine groups is 1. The average Bonchev–Trinajstić information content (AvgIpc) is 3.04. The molecule has 0 atom stereocenters. The van der Waals surface area contributed by atoms with E-state index in [0.717, 1.165) is 0 Å². The first-order chi connectivity index (χ1) is 11.7. The lowest BCUT2D eigenvalue weighted by atomic mass is 10.3. The summed E-state index contributed by atoms with van der Waals surface area (Å²) in [7, 11) is 0. The Kier molecular flexibility index (Phi) is 7.59. The first-order valence-corrected chi connectivity index (χ1v) is 8.64. The highest BCUT2D eigenvalue weighted by molar-refractivity contribution is 9.10. The van der Waals surface area contributed by atoms with E-state index >= 15 is 0 Å². The molecule has 0 aliphatic carbocycles. The molecule has 0 saturated heterocycles. The molecule has 0 aliphatic heterocycles. The van der Waals surface area contributed by atoms with Gasteiger partial charge in [-0.1, -0.05) is 11.8 Å². The van der Waals surface area contributed by atoms with Gasteiger partial charge < -0.3 is 10.4 Å². The van der Waals surface area contributed by atoms with E-state index in [9.17, 15) is 9.60 Å². The molecule has 1 heterocycles. The van der Waals surface area contributed by atoms with Crippen LogP contribution in [0.15, 0.2) is 37.3 Å². The summed E-state index contributed by atoms with van der Waals surface area (Å²) in [4.78, 5) is 4.17. The predicted molar refractivity (Wildman–Crippen MR) is 90.2 cm³/mol. The fourth-order valence-electron chi connectivity index (χ4n) is 1.66. The van der Waals surface area contributed by atoms with Gasteiger partial charge in [-0.2, -0.15) is 0 Å². The first-order valence-electron chi connectivity index (χ1n) is 6.87. The van der Waals surface area contributed by atoms with E-state index in [0.29, 0.717) is 29.6 Å². The van der Waals surface area contributed by atoms with Crippen LogP contribution in [0.25, 0.3) is 0 Å². The smallest absolute Gasteiger partial charge is 0.186 e. The monoisotopic (exact) mass is 419 g/mol. The van der Waals surface area contributed by atoms with Crippen molar-refractivity contribution in [1.29, 1.82) is 0 Å². The van der Waals surface area contributed by atoms with Crippen molar-refractivity contribution < 1.29 is 19.3 Å². The number of thioether (sulfide) groups is 1. The highest BCUT2D eigenvalue weighted by Gasteiger charge is 2.17. The summed E-state index contributed by atoms with van der Waals surface area (Å²) in [6.07, 6.45) is 0. The lowest BCUT2D eigenvalue weighted by Crippen LogP contribution is -2.22. The molecule has 0 bridgehead atoms. The van der Waals surface area contributed by atoms with Gasteiger partial charge >= 0.3 is 0 Å². The molecule has 2 aromatic rings. The number of nitrogens with zero attached hydrogens (tertiary/aromatic N) is 3. The van der Waals surface area contributed by atoms with Gasteiger partial charge in [0, 0.05) is 18.8 Å². The van der Waals surface area contributed by atoms with Crippen molar-refractivity contribution in [3.8, 4) is 0 Å². The van der Waals surface area contributed by atoms with E-state index in [-0.39, 0.29) is 22.6 Å². The molecule has 1 aromatic heterocycles. The van der Waals surface area contributed by atoms with Crippen LogP contribution in [0, 0.1) is 5.82 Å². The Hall–Kier alpha value is -1.53. The molecular weight excluding hydrogens is 405 g/mol. The maximum atomic E-state index is 13.3. The van der Waals surface area contributed by atoms with E-state index in [1.54, 1.807) is 0 Å². The van der Waals surface area contributed by atoms with E-state index < -0.39 is 5.82 Å². The summed E-state index contributed by atoms with van der Waals surface area (Å²) in [6, 6.07) is 4.17. The molecule has 4 N–H and O–H groups in total. The van der Waals surface area contributed by atoms with Crippen molar-refractivity contribution in [3.63, 3.8) is 0 Å². The Bertz CT molecular complexity index is 700. The van der Waals surface area contributed by atoms with Crippen molar-refractivity contribution >= 4 is 39.2 Å². The number of aliphatic hydroxyl groups excluding tert-OH is 1. The number of nitrogens with one attached hydrogen (secondary N) is 2. The second-order valence-electron chi connectivity index (χ2n) is 4.41. The lowest BCUT2D eigenvalue weighted by Gasteiger charge is -2.04. The highest BCUT2D eigenvalue weighted by Crippen LogP contribution is 2.24. The third-order valence-electron chi connectivity index (χ3n) is 2.74. The zero-order valence-corrected chi connectivity index (χ0v) is 14.8. The summed E-state index contributed by atoms with van der Waals surface area (Å²) in [5, 5.41) is 29.0. The number of aromatic nitrogens is 2. The Labute approximate surface area is 149 Å². The Balaban J connectivity index is 2.11. The minimum atomic E-state index is -0.415. The largest absolute Gasteiger partial charge is 0.395 e. The van der Waals surface area contributed by atoms with Gasteiger partial charge in [0.2, 0.25) is 0 Å². The molecule has 8 nitrogen and oxygen atoms in total. The van der Waals surface area contributed by atoms with Crippen LogP contribution in [-0.4, -0.2) is 51.9 Å². The Morgan fingerprint density at radius 2 is 2.21 bits per heavy atom. The minimum absolute atomic E-state index is 0.0283. The molecule has 0 saturated carbocycles. The topological polar surface area (TPSA) is 116 Å². The molecule has 0 fully saturated rings. The van der Waals surface area contributed by atoms with Crippen molar-refractivity contribution in [2.75, 3.05) is 25.4 Å². The summed E-state index contributed by atoms with van der Waals surface area (Å²) in [6.45, 7) is 1.23. The van der Waals surface area contributed by atoms with Crippen LogP contribution in [-0.2, 0) is 0 Å². The quantitative estimate of drug-likeness (QED) is 0.168. The van der Waals surface area contributed by atoms with Gasteiger partial charge in [-0.15, -0.1) is 0 Å². The standard InChI is InChI=1S/C13H15BrFN5O3S/c14-9-7-8(1-2-10(9)15)17-12(18-22)11-13(20-23-19-11)24-6-4-16-3-5-21/h1-2,7,16,21-22H,3-6H2,(H,17,18). The number of rotatable bonds is 8. The summed E-state index contributed by atoms with van der Waals surface area (Å²) in [5.74, 6) is 0.268. The summed E-state index contributed by atoms with van der Waals surface area (Å²) in [5.41, 5.74) is 2.60. The van der Waals surface area contributed by atoms with Crippen LogP contribution in [0.2, 0.25) is 0 Å². The van der Waals surface area contributed by atoms with Gasteiger partial charge in [-0.3, -0.25) is 10.7 Å². The molecule has 0 radical (unpaired) electrons. The normalized spacial score (nSPS) is 11.8. The number of benzene rings is 1. The first kappa shape index (κ1) is 18.8. The number of halogens is 2. The van der Waals surface area contributed by atoms with Gasteiger partial charge in [0.15, 0.2) is 16.6 Å². The predicted octanol–water partition coefficient (Wildman–Crippen LogP) is 1.70. The molecule has 0 aliphatic rings. The van der Waals surface area contributed by atoms with E-state index in [1.807, 2.05) is 5.48 Å². The molecular formula is C13H15BrFN5O3S. The third kappa shape index (κ3) is 5.24. The van der Waals surface area contributed by atoms with Gasteiger partial charge in [-0.05, 0) is 44.4 Å². The van der Waals surface area contributed by atoms with Gasteiger partial charge in [0.05, 0.1) is 16.8 Å². The minimum Gasteiger partial charge on any atom is -0.395 e. The third-order valence-corrected chi connectivity index (χ3v) is 4.30. The van der Waals surface area contributed by atoms with Crippen LogP contribution in [0.1, 0.15) is 5.69 Å². The number of aliphatic imine (C=N–C) groups is 1. The highest BCUT2D eigenvalue weighted by atomic mass is 79.9. The zero-order valence-electron chi connectivity index (χ0n) is 12.4. The number of hydrogen-bond donors (Lipinski definition) is 4. The maximum absolute atomic E-state index is 13.3. The van der Waals surface area contributed by atoms with Crippen molar-refractivity contribution in [2.24, 2.45) is 4.99 Å². The SMILES string of the molecule is OCCNCCSc1nonc1C(=Nc1ccc(F)c(Br)c1)NO. The fourth-order valence-corrected chi connectivity index (χ4v) is 2.82. The van der Waals surface area contributed by atoms with Crippen LogP contribution in [0.3, 0.4) is 0 Å². The van der Waals surface area contributed by atoms with E-state index in [2.05, 4.69) is 36.6 Å². The van der Waals surface area contributed by atoms with Crippen LogP contribution in [0.4, 0.5) is 10.1 Å². The Morgan fingerprint density at radius 3 is 2.92 bits per heavy atom. The maximum Gasteiger partial charge on any atom is 0.186 e.